The van der Waals surface area contributed by atoms with Gasteiger partial charge in [0.2, 0.25) is 0 Å². The minimum Gasteiger partial charge on any atom is -0.363 e. The minimum absolute atomic E-state index is 0.774. The van der Waals surface area contributed by atoms with Gasteiger partial charge in [-0.25, -0.2) is 0 Å². The van der Waals surface area contributed by atoms with Crippen molar-refractivity contribution in [2.24, 2.45) is 7.05 Å². The van der Waals surface area contributed by atoms with Gasteiger partial charge in [0.15, 0.2) is 5.11 Å². The maximum absolute atomic E-state index is 5.17. The number of nitrogens with one attached hydrogen (secondary N) is 1. The van der Waals surface area contributed by atoms with E-state index in [0.29, 0.717) is 0 Å². The number of rotatable bonds is 3. The van der Waals surface area contributed by atoms with Crippen molar-refractivity contribution in [3.05, 3.63) is 18.0 Å². The molecule has 0 aliphatic heterocycles. The number of nitrogens with zero attached hydrogens (tertiary/aromatic N) is 3. The fraction of sp³-hybridized carbons (Fsp3) is 0.556. The van der Waals surface area contributed by atoms with E-state index in [1.165, 1.54) is 0 Å². The van der Waals surface area contributed by atoms with Gasteiger partial charge in [0.1, 0.15) is 0 Å². The summed E-state index contributed by atoms with van der Waals surface area (Å²) in [7, 11) is 3.88. The molecule has 0 saturated carbocycles. The van der Waals surface area contributed by atoms with E-state index in [2.05, 4.69) is 10.4 Å². The molecule has 0 aliphatic rings. The molecule has 78 valence electrons. The maximum Gasteiger partial charge on any atom is 0.168 e. The van der Waals surface area contributed by atoms with Crippen LogP contribution in [0.15, 0.2) is 12.4 Å². The number of hydrogen-bond acceptors (Lipinski definition) is 2. The second-order valence-corrected chi connectivity index (χ2v) is 3.60. The van der Waals surface area contributed by atoms with Gasteiger partial charge in [-0.1, -0.05) is 0 Å². The third-order valence-electron chi connectivity index (χ3n) is 1.85. The second-order valence-electron chi connectivity index (χ2n) is 3.21. The number of thiocarbonyl (C=S) groups is 1. The smallest absolute Gasteiger partial charge is 0.168 e. The summed E-state index contributed by atoms with van der Waals surface area (Å²) < 4.78 is 1.79. The summed E-state index contributed by atoms with van der Waals surface area (Å²) in [5.74, 6) is 0. The van der Waals surface area contributed by atoms with Gasteiger partial charge < -0.3 is 10.2 Å². The molecule has 0 aromatic carbocycles. The summed E-state index contributed by atoms with van der Waals surface area (Å²) >= 11 is 5.17. The topological polar surface area (TPSA) is 33.1 Å². The van der Waals surface area contributed by atoms with E-state index in [0.717, 1.165) is 23.8 Å². The van der Waals surface area contributed by atoms with Crippen molar-refractivity contribution in [3.8, 4) is 0 Å². The van der Waals surface area contributed by atoms with Gasteiger partial charge in [-0.15, -0.1) is 0 Å². The molecular weight excluding hydrogens is 196 g/mol. The third kappa shape index (κ3) is 2.99. The fourth-order valence-corrected chi connectivity index (χ4v) is 1.39. The van der Waals surface area contributed by atoms with Crippen molar-refractivity contribution in [3.63, 3.8) is 0 Å². The highest BCUT2D eigenvalue weighted by molar-refractivity contribution is 7.80. The van der Waals surface area contributed by atoms with Crippen LogP contribution in [0.4, 0.5) is 0 Å². The molecule has 0 saturated heterocycles. The fourth-order valence-electron chi connectivity index (χ4n) is 1.19. The first-order valence-corrected chi connectivity index (χ1v) is 5.00. The zero-order valence-corrected chi connectivity index (χ0v) is 9.64. The summed E-state index contributed by atoms with van der Waals surface area (Å²) in [4.78, 5) is 2.00. The van der Waals surface area contributed by atoms with E-state index in [4.69, 9.17) is 12.2 Å². The van der Waals surface area contributed by atoms with Crippen molar-refractivity contribution in [2.45, 2.75) is 13.5 Å². The van der Waals surface area contributed by atoms with Crippen molar-refractivity contribution >= 4 is 17.3 Å². The Kier molecular flexibility index (Phi) is 3.88. The van der Waals surface area contributed by atoms with E-state index in [1.54, 1.807) is 4.68 Å². The highest BCUT2D eigenvalue weighted by Crippen LogP contribution is 2.00. The van der Waals surface area contributed by atoms with Crippen LogP contribution in [-0.4, -0.2) is 33.4 Å². The molecule has 14 heavy (non-hydrogen) atoms. The molecule has 0 aliphatic carbocycles. The third-order valence-corrected chi connectivity index (χ3v) is 2.31. The van der Waals surface area contributed by atoms with Crippen molar-refractivity contribution in [1.29, 1.82) is 0 Å². The van der Waals surface area contributed by atoms with Crippen LogP contribution in [0.5, 0.6) is 0 Å². The van der Waals surface area contributed by atoms with E-state index in [-0.39, 0.29) is 0 Å². The van der Waals surface area contributed by atoms with Crippen molar-refractivity contribution in [2.75, 3.05) is 13.6 Å². The Balaban J connectivity index is 2.48. The van der Waals surface area contributed by atoms with E-state index < -0.39 is 0 Å². The lowest BCUT2D eigenvalue weighted by atomic mass is 10.3. The second kappa shape index (κ2) is 4.95. The van der Waals surface area contributed by atoms with Crippen LogP contribution in [0.25, 0.3) is 0 Å². The first kappa shape index (κ1) is 11.0. The Morgan fingerprint density at radius 2 is 2.43 bits per heavy atom. The zero-order valence-electron chi connectivity index (χ0n) is 8.82. The van der Waals surface area contributed by atoms with E-state index >= 15 is 0 Å². The van der Waals surface area contributed by atoms with Crippen LogP contribution in [0, 0.1) is 0 Å². The van der Waals surface area contributed by atoms with Gasteiger partial charge in [-0.05, 0) is 19.1 Å². The Labute approximate surface area is 89.9 Å². The number of hydrogen-bond donors (Lipinski definition) is 1. The summed E-state index contributed by atoms with van der Waals surface area (Å²) in [5, 5.41) is 7.98. The molecular formula is C9H16N4S. The predicted molar refractivity (Wildman–Crippen MR) is 60.9 cm³/mol. The van der Waals surface area contributed by atoms with Crippen LogP contribution in [0.3, 0.4) is 0 Å². The molecule has 1 N–H and O–H groups in total. The Morgan fingerprint density at radius 3 is 2.93 bits per heavy atom. The lowest BCUT2D eigenvalue weighted by molar-refractivity contribution is 0.490. The Bertz CT molecular complexity index is 308. The van der Waals surface area contributed by atoms with E-state index in [9.17, 15) is 0 Å². The quantitative estimate of drug-likeness (QED) is 0.749. The normalized spacial score (nSPS) is 9.93. The molecule has 0 radical (unpaired) electrons. The number of aryl methyl sites for hydroxylation is 1. The van der Waals surface area contributed by atoms with Crippen molar-refractivity contribution < 1.29 is 0 Å². The molecule has 0 amide bonds. The molecule has 0 spiro atoms. The SMILES string of the molecule is CCNC(=S)N(C)Cc1cnn(C)c1. The summed E-state index contributed by atoms with van der Waals surface area (Å²) in [6.45, 7) is 3.68. The van der Waals surface area contributed by atoms with E-state index in [1.807, 2.05) is 38.3 Å². The van der Waals surface area contributed by atoms with Gasteiger partial charge >= 0.3 is 0 Å². The highest BCUT2D eigenvalue weighted by atomic mass is 32.1. The van der Waals surface area contributed by atoms with Crippen LogP contribution >= 0.6 is 12.2 Å². The first-order chi connectivity index (χ1) is 6.63. The molecule has 1 aromatic rings. The van der Waals surface area contributed by atoms with Gasteiger partial charge in [0.25, 0.3) is 0 Å². The molecule has 1 heterocycles. The lowest BCUT2D eigenvalue weighted by Gasteiger charge is -2.19. The van der Waals surface area contributed by atoms with Gasteiger partial charge in [0.05, 0.1) is 6.20 Å². The highest BCUT2D eigenvalue weighted by Gasteiger charge is 2.04. The van der Waals surface area contributed by atoms with Crippen LogP contribution in [0.2, 0.25) is 0 Å². The Morgan fingerprint density at radius 1 is 1.71 bits per heavy atom. The maximum atomic E-state index is 5.17. The summed E-state index contributed by atoms with van der Waals surface area (Å²) in [6.07, 6.45) is 3.84. The average molecular weight is 212 g/mol. The zero-order chi connectivity index (χ0) is 10.6. The van der Waals surface area contributed by atoms with Crippen LogP contribution in [0.1, 0.15) is 12.5 Å². The molecule has 0 atom stereocenters. The van der Waals surface area contributed by atoms with Crippen LogP contribution in [-0.2, 0) is 13.6 Å². The van der Waals surface area contributed by atoms with Gasteiger partial charge in [-0.3, -0.25) is 4.68 Å². The first-order valence-electron chi connectivity index (χ1n) is 4.60. The standard InChI is InChI=1S/C9H16N4S/c1-4-10-9(14)12(2)6-8-5-11-13(3)7-8/h5,7H,4,6H2,1-3H3,(H,10,14). The molecule has 1 aromatic heterocycles. The molecule has 1 rings (SSSR count). The minimum atomic E-state index is 0.774. The summed E-state index contributed by atoms with van der Waals surface area (Å²) in [5.41, 5.74) is 1.16. The van der Waals surface area contributed by atoms with Crippen LogP contribution < -0.4 is 5.32 Å². The molecule has 5 heteroatoms. The van der Waals surface area contributed by atoms with Gasteiger partial charge in [-0.2, -0.15) is 5.10 Å². The molecule has 4 nitrogen and oxygen atoms in total. The van der Waals surface area contributed by atoms with Gasteiger partial charge in [0, 0.05) is 38.9 Å². The Hall–Kier alpha value is -1.10. The largest absolute Gasteiger partial charge is 0.363 e. The summed E-state index contributed by atoms with van der Waals surface area (Å²) in [6, 6.07) is 0. The lowest BCUT2D eigenvalue weighted by Crippen LogP contribution is -2.36. The predicted octanol–water partition coefficient (Wildman–Crippen LogP) is 0.746. The molecule has 0 bridgehead atoms. The van der Waals surface area contributed by atoms with Crippen molar-refractivity contribution in [1.82, 2.24) is 20.0 Å². The average Bonchev–Trinajstić information content (AvgIpc) is 2.51. The molecule has 0 fully saturated rings. The monoisotopic (exact) mass is 212 g/mol. The molecule has 0 unspecified atom stereocenters. The number of aromatic nitrogens is 2.